The third kappa shape index (κ3) is 4.22. The fourth-order valence-electron chi connectivity index (χ4n) is 0. The van der Waals surface area contributed by atoms with Crippen molar-refractivity contribution in [3.05, 3.63) is 17.5 Å². The maximum absolute atomic E-state index is 3.57. The lowest BCUT2D eigenvalue weighted by Gasteiger charge is -1.71. The molecule has 0 amide bonds. The molecule has 0 N–H and O–H groups in total. The lowest BCUT2D eigenvalue weighted by atomic mass is 10.4. The molecule has 0 atom stereocenters. The molecule has 0 nitrogen and oxygen atoms in total. The molecule has 29 valence electrons. The maximum Gasteiger partial charge on any atom is -0.0200 e. The van der Waals surface area contributed by atoms with E-state index in [0.717, 1.165) is 5.57 Å². The van der Waals surface area contributed by atoms with Gasteiger partial charge in [0.25, 0.3) is 0 Å². The monoisotopic (exact) mass is 133 g/mol. The molecule has 0 aliphatic carbocycles. The topological polar surface area (TPSA) is 0 Å². The molecule has 1 radical (unpaired) electrons. The minimum Gasteiger partial charge on any atom is -0.0661 e. The number of rotatable bonds is 0. The molecule has 0 aromatic carbocycles. The van der Waals surface area contributed by atoms with E-state index in [-0.39, 0.29) is 0 Å². The van der Waals surface area contributed by atoms with E-state index in [0.29, 0.717) is 0 Å². The van der Waals surface area contributed by atoms with Crippen LogP contribution in [-0.2, 0) is 0 Å². The van der Waals surface area contributed by atoms with E-state index in [1.165, 1.54) is 0 Å². The molecule has 0 aromatic rings. The van der Waals surface area contributed by atoms with Gasteiger partial charge in [0, 0.05) is 0 Å². The van der Waals surface area contributed by atoms with Gasteiger partial charge in [-0.3, -0.25) is 0 Å². The van der Waals surface area contributed by atoms with Gasteiger partial charge in [0.15, 0.2) is 0 Å². The Hall–Kier alpha value is 0.220. The number of allylic oxidation sites excluding steroid dienone is 1. The van der Waals surface area contributed by atoms with Crippen LogP contribution in [0.15, 0.2) is 10.6 Å². The molecule has 0 bridgehead atoms. The van der Waals surface area contributed by atoms with Gasteiger partial charge in [-0.25, -0.2) is 0 Å². The van der Waals surface area contributed by atoms with Crippen LogP contribution >= 0.6 is 15.9 Å². The van der Waals surface area contributed by atoms with Crippen molar-refractivity contribution in [1.82, 2.24) is 0 Å². The van der Waals surface area contributed by atoms with Crippen LogP contribution < -0.4 is 0 Å². The number of hydrogen-bond donors (Lipinski definition) is 0. The van der Waals surface area contributed by atoms with E-state index >= 15 is 0 Å². The first kappa shape index (κ1) is 5.22. The fourth-order valence-corrected chi connectivity index (χ4v) is 0. The molecule has 0 spiro atoms. The molecule has 0 saturated carbocycles. The standard InChI is InChI=1S/C4H6Br/c1-4(2)3-5/h3H,1H2,2H3. The minimum atomic E-state index is 1.05. The summed E-state index contributed by atoms with van der Waals surface area (Å²) in [5.74, 6) is 0. The Morgan fingerprint density at radius 2 is 2.20 bits per heavy atom. The van der Waals surface area contributed by atoms with Crippen molar-refractivity contribution >= 4 is 15.9 Å². The van der Waals surface area contributed by atoms with Gasteiger partial charge in [0.2, 0.25) is 0 Å². The van der Waals surface area contributed by atoms with Gasteiger partial charge in [0.05, 0.1) is 0 Å². The molecule has 0 saturated heterocycles. The SMILES string of the molecule is [CH2]C(C)=CBr. The summed E-state index contributed by atoms with van der Waals surface area (Å²) in [5.41, 5.74) is 1.05. The average molecular weight is 134 g/mol. The summed E-state index contributed by atoms with van der Waals surface area (Å²) in [7, 11) is 0. The van der Waals surface area contributed by atoms with Gasteiger partial charge in [0.1, 0.15) is 0 Å². The van der Waals surface area contributed by atoms with E-state index in [1.807, 2.05) is 6.92 Å². The second kappa shape index (κ2) is 2.46. The largest absolute Gasteiger partial charge is 0.0661 e. The van der Waals surface area contributed by atoms with Gasteiger partial charge < -0.3 is 0 Å². The molecule has 0 aliphatic rings. The van der Waals surface area contributed by atoms with Crippen LogP contribution in [0.4, 0.5) is 0 Å². The molecular formula is C4H6Br. The maximum atomic E-state index is 3.57. The fraction of sp³-hybridized carbons (Fsp3) is 0.250. The zero-order valence-electron chi connectivity index (χ0n) is 3.16. The lowest BCUT2D eigenvalue weighted by molar-refractivity contribution is 1.57. The van der Waals surface area contributed by atoms with Crippen molar-refractivity contribution in [2.45, 2.75) is 6.92 Å². The van der Waals surface area contributed by atoms with E-state index in [1.54, 1.807) is 4.99 Å². The number of hydrogen-bond acceptors (Lipinski definition) is 0. The molecule has 0 heterocycles. The normalized spacial score (nSPS) is 12.2. The molecule has 1 heteroatoms. The third-order valence-corrected chi connectivity index (χ3v) is 0.968. The summed E-state index contributed by atoms with van der Waals surface area (Å²) in [4.78, 5) is 1.78. The van der Waals surface area contributed by atoms with Crippen LogP contribution in [0.5, 0.6) is 0 Å². The van der Waals surface area contributed by atoms with Gasteiger partial charge >= 0.3 is 0 Å². The highest BCUT2D eigenvalue weighted by Gasteiger charge is 1.62. The molecule has 0 aliphatic heterocycles. The first-order chi connectivity index (χ1) is 2.27. The van der Waals surface area contributed by atoms with Gasteiger partial charge in [-0.1, -0.05) is 21.5 Å². The number of halogens is 1. The Bertz CT molecular complexity index is 41.6. The van der Waals surface area contributed by atoms with Crippen LogP contribution in [0.1, 0.15) is 6.92 Å². The molecule has 5 heavy (non-hydrogen) atoms. The summed E-state index contributed by atoms with van der Waals surface area (Å²) in [6.45, 7) is 5.50. The minimum absolute atomic E-state index is 1.05. The second-order valence-corrected chi connectivity index (χ2v) is 1.41. The van der Waals surface area contributed by atoms with Crippen LogP contribution in [0.3, 0.4) is 0 Å². The van der Waals surface area contributed by atoms with Crippen LogP contribution in [0.25, 0.3) is 0 Å². The molecule has 0 aromatic heterocycles. The summed E-state index contributed by atoms with van der Waals surface area (Å²) >= 11 is 3.09. The Morgan fingerprint density at radius 3 is 2.20 bits per heavy atom. The summed E-state index contributed by atoms with van der Waals surface area (Å²) in [6.07, 6.45) is 0. The van der Waals surface area contributed by atoms with Gasteiger partial charge in [-0.2, -0.15) is 0 Å². The first-order valence-corrected chi connectivity index (χ1v) is 2.28. The van der Waals surface area contributed by atoms with E-state index in [4.69, 9.17) is 0 Å². The van der Waals surface area contributed by atoms with Crippen LogP contribution in [-0.4, -0.2) is 0 Å². The van der Waals surface area contributed by atoms with E-state index in [2.05, 4.69) is 22.9 Å². The summed E-state index contributed by atoms with van der Waals surface area (Å²) < 4.78 is 0. The van der Waals surface area contributed by atoms with Gasteiger partial charge in [-0.05, 0) is 18.8 Å². The lowest BCUT2D eigenvalue weighted by Crippen LogP contribution is -1.50. The molecule has 0 unspecified atom stereocenters. The summed E-state index contributed by atoms with van der Waals surface area (Å²) in [5, 5.41) is 0. The van der Waals surface area contributed by atoms with Gasteiger partial charge in [-0.15, -0.1) is 0 Å². The molecular weight excluding hydrogens is 128 g/mol. The highest BCUT2D eigenvalue weighted by molar-refractivity contribution is 9.11. The first-order valence-electron chi connectivity index (χ1n) is 1.36. The van der Waals surface area contributed by atoms with E-state index in [9.17, 15) is 0 Å². The van der Waals surface area contributed by atoms with E-state index < -0.39 is 0 Å². The van der Waals surface area contributed by atoms with Crippen molar-refractivity contribution in [3.8, 4) is 0 Å². The zero-order chi connectivity index (χ0) is 4.28. The Labute approximate surface area is 41.0 Å². The average Bonchev–Trinajstić information content (AvgIpc) is 1.38. The van der Waals surface area contributed by atoms with Crippen molar-refractivity contribution in [1.29, 1.82) is 0 Å². The Balaban J connectivity index is 3.14. The highest BCUT2D eigenvalue weighted by atomic mass is 79.9. The van der Waals surface area contributed by atoms with Crippen molar-refractivity contribution in [2.24, 2.45) is 0 Å². The third-order valence-electron chi connectivity index (χ3n) is 0.186. The Morgan fingerprint density at radius 1 is 2.00 bits per heavy atom. The summed E-state index contributed by atoms with van der Waals surface area (Å²) in [6, 6.07) is 0. The van der Waals surface area contributed by atoms with Crippen LogP contribution in [0, 0.1) is 6.92 Å². The predicted octanol–water partition coefficient (Wildman–Crippen LogP) is 2.12. The van der Waals surface area contributed by atoms with Crippen LogP contribution in [0.2, 0.25) is 0 Å². The quantitative estimate of drug-likeness (QED) is 0.476. The molecule has 0 rings (SSSR count). The smallest absolute Gasteiger partial charge is 0.0200 e. The second-order valence-electron chi connectivity index (χ2n) is 0.955. The van der Waals surface area contributed by atoms with Crippen molar-refractivity contribution < 1.29 is 0 Å². The predicted molar refractivity (Wildman–Crippen MR) is 28.0 cm³/mol. The zero-order valence-corrected chi connectivity index (χ0v) is 4.75. The van der Waals surface area contributed by atoms with Crippen molar-refractivity contribution in [3.63, 3.8) is 0 Å². The Kier molecular flexibility index (Phi) is 2.57. The molecule has 0 fully saturated rings. The highest BCUT2D eigenvalue weighted by Crippen LogP contribution is 1.90. The van der Waals surface area contributed by atoms with Crippen molar-refractivity contribution in [2.75, 3.05) is 0 Å².